The van der Waals surface area contributed by atoms with Gasteiger partial charge in [0.25, 0.3) is 0 Å². The molecule has 31 heavy (non-hydrogen) atoms. The fourth-order valence-electron chi connectivity index (χ4n) is 6.36. The third-order valence-corrected chi connectivity index (χ3v) is 7.73. The van der Waals surface area contributed by atoms with Gasteiger partial charge in [-0.05, 0) is 69.2 Å². The summed E-state index contributed by atoms with van der Waals surface area (Å²) in [5.41, 5.74) is 0.192. The van der Waals surface area contributed by atoms with E-state index in [1.165, 1.54) is 6.07 Å². The molecule has 0 saturated heterocycles. The third-order valence-electron chi connectivity index (χ3n) is 7.73. The molecule has 0 bridgehead atoms. The van der Waals surface area contributed by atoms with Crippen molar-refractivity contribution in [3.63, 3.8) is 0 Å². The molecule has 0 aromatic carbocycles. The normalized spacial score (nSPS) is 28.1. The van der Waals surface area contributed by atoms with Crippen LogP contribution in [0.3, 0.4) is 0 Å². The fourth-order valence-corrected chi connectivity index (χ4v) is 6.36. The number of rotatable bonds is 6. The molecular weight excluding hydrogens is 403 g/mol. The number of carbonyl (C=O) groups is 1. The summed E-state index contributed by atoms with van der Waals surface area (Å²) < 4.78 is 39.5. The molecule has 2 fully saturated rings. The van der Waals surface area contributed by atoms with Crippen molar-refractivity contribution in [1.29, 1.82) is 0 Å². The highest BCUT2D eigenvalue weighted by atomic mass is 19.4. The van der Waals surface area contributed by atoms with E-state index in [1.807, 2.05) is 4.90 Å². The lowest BCUT2D eigenvalue weighted by atomic mass is 9.78. The zero-order valence-corrected chi connectivity index (χ0v) is 18.7. The Hall–Kier alpha value is -1.63. The van der Waals surface area contributed by atoms with Crippen LogP contribution in [0.5, 0.6) is 0 Å². The molecule has 7 heteroatoms. The van der Waals surface area contributed by atoms with E-state index in [0.29, 0.717) is 36.2 Å². The van der Waals surface area contributed by atoms with Crippen molar-refractivity contribution in [3.8, 4) is 0 Å². The summed E-state index contributed by atoms with van der Waals surface area (Å²) in [6.07, 6.45) is 4.33. The first-order valence-corrected chi connectivity index (χ1v) is 11.9. The number of pyridine rings is 1. The van der Waals surface area contributed by atoms with Crippen LogP contribution in [-0.2, 0) is 23.9 Å². The van der Waals surface area contributed by atoms with E-state index in [2.05, 4.69) is 23.7 Å². The van der Waals surface area contributed by atoms with E-state index in [-0.39, 0.29) is 17.9 Å². The molecule has 3 atom stereocenters. The van der Waals surface area contributed by atoms with Crippen molar-refractivity contribution < 1.29 is 18.0 Å². The first-order valence-electron chi connectivity index (χ1n) is 11.9. The number of nitrogens with zero attached hydrogens (tertiary/aromatic N) is 3. The van der Waals surface area contributed by atoms with Crippen LogP contribution in [0.2, 0.25) is 0 Å². The second kappa shape index (κ2) is 8.72. The van der Waals surface area contributed by atoms with Crippen LogP contribution in [0.15, 0.2) is 12.3 Å². The summed E-state index contributed by atoms with van der Waals surface area (Å²) in [5, 5.41) is 0. The number of aromatic nitrogens is 1. The van der Waals surface area contributed by atoms with Gasteiger partial charge in [-0.3, -0.25) is 9.78 Å². The Kier molecular flexibility index (Phi) is 6.35. The van der Waals surface area contributed by atoms with Crippen LogP contribution < -0.4 is 0 Å². The van der Waals surface area contributed by atoms with Gasteiger partial charge in [-0.25, -0.2) is 0 Å². The average Bonchev–Trinajstić information content (AvgIpc) is 3.30. The summed E-state index contributed by atoms with van der Waals surface area (Å²) in [6.45, 7) is 7.34. The van der Waals surface area contributed by atoms with Crippen LogP contribution in [0.25, 0.3) is 0 Å². The predicted octanol–water partition coefficient (Wildman–Crippen LogP) is 5.06. The lowest BCUT2D eigenvalue weighted by Gasteiger charge is -2.38. The number of alkyl halides is 3. The Bertz CT molecular complexity index is 806. The molecule has 1 aliphatic heterocycles. The van der Waals surface area contributed by atoms with Crippen LogP contribution in [-0.4, -0.2) is 46.4 Å². The van der Waals surface area contributed by atoms with Gasteiger partial charge in [0.05, 0.1) is 11.0 Å². The Labute approximate surface area is 183 Å². The number of hydrogen-bond acceptors (Lipinski definition) is 3. The largest absolute Gasteiger partial charge is 0.417 e. The van der Waals surface area contributed by atoms with E-state index in [0.717, 1.165) is 64.2 Å². The maximum absolute atomic E-state index is 13.8. The lowest BCUT2D eigenvalue weighted by Crippen LogP contribution is -2.47. The van der Waals surface area contributed by atoms with Gasteiger partial charge in [-0.1, -0.05) is 20.3 Å². The average molecular weight is 438 g/mol. The van der Waals surface area contributed by atoms with E-state index >= 15 is 0 Å². The molecule has 4 nitrogen and oxygen atoms in total. The molecule has 0 N–H and O–H groups in total. The second-order valence-electron chi connectivity index (χ2n) is 9.68. The minimum absolute atomic E-state index is 0.175. The number of hydrogen-bond donors (Lipinski definition) is 0. The summed E-state index contributed by atoms with van der Waals surface area (Å²) in [4.78, 5) is 22.3. The van der Waals surface area contributed by atoms with E-state index in [4.69, 9.17) is 0 Å². The summed E-state index contributed by atoms with van der Waals surface area (Å²) >= 11 is 0. The van der Waals surface area contributed by atoms with Crippen molar-refractivity contribution in [2.24, 2.45) is 11.3 Å². The van der Waals surface area contributed by atoms with Gasteiger partial charge < -0.3 is 9.80 Å². The van der Waals surface area contributed by atoms with Crippen molar-refractivity contribution in [2.75, 3.05) is 19.6 Å². The van der Waals surface area contributed by atoms with E-state index in [1.54, 1.807) is 0 Å². The standard InChI is InChI=1S/C24H34F3N3O/c1-3-9-29(10-4-2)20-13-18-6-5-8-23(18,14-20)22(31)30-11-7-21-17(16-30)12-19(15-28-21)24(25,26)27/h12,15,18,20H,3-11,13-14,16H2,1-2H3. The Morgan fingerprint density at radius 3 is 2.71 bits per heavy atom. The molecule has 2 saturated carbocycles. The minimum atomic E-state index is -4.41. The Morgan fingerprint density at radius 2 is 2.03 bits per heavy atom. The highest BCUT2D eigenvalue weighted by Gasteiger charge is 2.56. The Balaban J connectivity index is 1.53. The zero-order valence-electron chi connectivity index (χ0n) is 18.7. The topological polar surface area (TPSA) is 36.4 Å². The van der Waals surface area contributed by atoms with Crippen LogP contribution >= 0.6 is 0 Å². The number of halogens is 3. The maximum atomic E-state index is 13.8. The van der Waals surface area contributed by atoms with Crippen LogP contribution in [0, 0.1) is 11.3 Å². The molecule has 2 heterocycles. The van der Waals surface area contributed by atoms with Gasteiger partial charge >= 0.3 is 6.18 Å². The molecule has 2 aliphatic carbocycles. The van der Waals surface area contributed by atoms with E-state index < -0.39 is 11.7 Å². The molecule has 1 aromatic rings. The highest BCUT2D eigenvalue weighted by Crippen LogP contribution is 2.56. The zero-order chi connectivity index (χ0) is 22.2. The molecule has 3 aliphatic rings. The Morgan fingerprint density at radius 1 is 1.29 bits per heavy atom. The smallest absolute Gasteiger partial charge is 0.337 e. The molecule has 4 rings (SSSR count). The molecule has 0 spiro atoms. The molecule has 172 valence electrons. The van der Waals surface area contributed by atoms with Crippen LogP contribution in [0.1, 0.15) is 75.6 Å². The summed E-state index contributed by atoms with van der Waals surface area (Å²) in [5.74, 6) is 0.579. The van der Waals surface area contributed by atoms with Gasteiger partial charge in [0.2, 0.25) is 5.91 Å². The van der Waals surface area contributed by atoms with Gasteiger partial charge in [0, 0.05) is 37.4 Å². The molecule has 0 radical (unpaired) electrons. The second-order valence-corrected chi connectivity index (χ2v) is 9.68. The molecule has 3 unspecified atom stereocenters. The van der Waals surface area contributed by atoms with Crippen LogP contribution in [0.4, 0.5) is 13.2 Å². The molecule has 1 aromatic heterocycles. The van der Waals surface area contributed by atoms with Gasteiger partial charge in [0.1, 0.15) is 0 Å². The quantitative estimate of drug-likeness (QED) is 0.625. The minimum Gasteiger partial charge on any atom is -0.337 e. The monoisotopic (exact) mass is 437 g/mol. The third kappa shape index (κ3) is 4.22. The summed E-state index contributed by atoms with van der Waals surface area (Å²) in [6, 6.07) is 1.64. The fraction of sp³-hybridized carbons (Fsp3) is 0.750. The van der Waals surface area contributed by atoms with Gasteiger partial charge in [-0.15, -0.1) is 0 Å². The summed E-state index contributed by atoms with van der Waals surface area (Å²) in [7, 11) is 0. The number of amides is 1. The molecule has 1 amide bonds. The highest BCUT2D eigenvalue weighted by molar-refractivity contribution is 5.84. The first kappa shape index (κ1) is 22.6. The predicted molar refractivity (Wildman–Crippen MR) is 113 cm³/mol. The van der Waals surface area contributed by atoms with Gasteiger partial charge in [0.15, 0.2) is 0 Å². The first-order chi connectivity index (χ1) is 14.8. The van der Waals surface area contributed by atoms with Crippen molar-refractivity contribution in [1.82, 2.24) is 14.8 Å². The van der Waals surface area contributed by atoms with Crippen molar-refractivity contribution in [2.45, 2.75) is 84.0 Å². The van der Waals surface area contributed by atoms with Crippen molar-refractivity contribution in [3.05, 3.63) is 29.1 Å². The lowest BCUT2D eigenvalue weighted by molar-refractivity contribution is -0.144. The maximum Gasteiger partial charge on any atom is 0.417 e. The number of carbonyl (C=O) groups excluding carboxylic acids is 1. The number of fused-ring (bicyclic) bond motifs is 2. The molecular formula is C24H34F3N3O. The van der Waals surface area contributed by atoms with Gasteiger partial charge in [-0.2, -0.15) is 13.2 Å². The SMILES string of the molecule is CCCN(CCC)C1CC2CCCC2(C(=O)N2CCc3ncc(C(F)(F)F)cc3C2)C1. The van der Waals surface area contributed by atoms with Crippen molar-refractivity contribution >= 4 is 5.91 Å². The van der Waals surface area contributed by atoms with E-state index in [9.17, 15) is 18.0 Å².